The highest BCUT2D eigenvalue weighted by Crippen LogP contribution is 2.24. The molecule has 0 bridgehead atoms. The van der Waals surface area contributed by atoms with Crippen LogP contribution in [0.1, 0.15) is 17.2 Å². The van der Waals surface area contributed by atoms with Crippen LogP contribution in [0.2, 0.25) is 5.02 Å². The van der Waals surface area contributed by atoms with Crippen LogP contribution in [0.15, 0.2) is 60.9 Å². The number of morpholine rings is 1. The SMILES string of the molecule is Fc1ccc(-n2cc(CN3CCO[C@H](c4ccc(Cl)cc4)C3)cn2)cc1. The van der Waals surface area contributed by atoms with Crippen LogP contribution >= 0.6 is 11.6 Å². The standard InChI is InChI=1S/C20H19ClFN3O/c21-17-3-1-16(2-4-17)20-14-24(9-10-26-20)12-15-11-23-25(13-15)19-7-5-18(22)6-8-19/h1-8,11,13,20H,9-10,12,14H2/t20-/m0/s1. The van der Waals surface area contributed by atoms with E-state index in [4.69, 9.17) is 16.3 Å². The zero-order valence-electron chi connectivity index (χ0n) is 14.2. The number of nitrogens with zero attached hydrogens (tertiary/aromatic N) is 3. The van der Waals surface area contributed by atoms with Crippen LogP contribution in [0.25, 0.3) is 5.69 Å². The van der Waals surface area contributed by atoms with Gasteiger partial charge in [-0.1, -0.05) is 23.7 Å². The molecule has 1 saturated heterocycles. The minimum absolute atomic E-state index is 0.0492. The van der Waals surface area contributed by atoms with Gasteiger partial charge < -0.3 is 4.74 Å². The third-order valence-corrected chi connectivity index (χ3v) is 4.78. The minimum Gasteiger partial charge on any atom is -0.371 e. The quantitative estimate of drug-likeness (QED) is 0.687. The molecule has 0 spiro atoms. The molecule has 1 atom stereocenters. The van der Waals surface area contributed by atoms with E-state index in [1.165, 1.54) is 12.1 Å². The van der Waals surface area contributed by atoms with Gasteiger partial charge in [0.25, 0.3) is 0 Å². The molecule has 6 heteroatoms. The van der Waals surface area contributed by atoms with E-state index in [0.29, 0.717) is 6.61 Å². The molecule has 0 unspecified atom stereocenters. The number of benzene rings is 2. The molecule has 2 heterocycles. The lowest BCUT2D eigenvalue weighted by molar-refractivity contribution is -0.0329. The Labute approximate surface area is 156 Å². The van der Waals surface area contributed by atoms with Crippen molar-refractivity contribution in [3.63, 3.8) is 0 Å². The third-order valence-electron chi connectivity index (χ3n) is 4.53. The summed E-state index contributed by atoms with van der Waals surface area (Å²) in [7, 11) is 0. The molecule has 26 heavy (non-hydrogen) atoms. The summed E-state index contributed by atoms with van der Waals surface area (Å²) in [5, 5.41) is 5.12. The zero-order valence-corrected chi connectivity index (χ0v) is 14.9. The molecule has 1 fully saturated rings. The number of aromatic nitrogens is 2. The predicted molar refractivity (Wildman–Crippen MR) is 98.9 cm³/mol. The van der Waals surface area contributed by atoms with Crippen LogP contribution in [0.5, 0.6) is 0 Å². The Balaban J connectivity index is 1.42. The molecular weight excluding hydrogens is 353 g/mol. The first-order valence-corrected chi connectivity index (χ1v) is 8.94. The Hall–Kier alpha value is -2.21. The van der Waals surface area contributed by atoms with Gasteiger partial charge >= 0.3 is 0 Å². The molecule has 1 aliphatic rings. The minimum atomic E-state index is -0.248. The maximum Gasteiger partial charge on any atom is 0.123 e. The van der Waals surface area contributed by atoms with E-state index in [1.54, 1.807) is 16.8 Å². The van der Waals surface area contributed by atoms with Gasteiger partial charge in [-0.15, -0.1) is 0 Å². The maximum atomic E-state index is 13.1. The molecule has 3 aromatic rings. The van der Waals surface area contributed by atoms with E-state index in [1.807, 2.05) is 36.7 Å². The average molecular weight is 372 g/mol. The molecule has 4 rings (SSSR count). The zero-order chi connectivity index (χ0) is 17.9. The molecule has 134 valence electrons. The van der Waals surface area contributed by atoms with Crippen molar-refractivity contribution in [1.82, 2.24) is 14.7 Å². The number of halogens is 2. The maximum absolute atomic E-state index is 13.1. The topological polar surface area (TPSA) is 30.3 Å². The molecule has 0 saturated carbocycles. The summed E-state index contributed by atoms with van der Waals surface area (Å²) in [4.78, 5) is 2.36. The van der Waals surface area contributed by atoms with E-state index >= 15 is 0 Å². The monoisotopic (exact) mass is 371 g/mol. The first-order chi connectivity index (χ1) is 12.7. The van der Waals surface area contributed by atoms with Crippen molar-refractivity contribution in [2.45, 2.75) is 12.6 Å². The van der Waals surface area contributed by atoms with Crippen LogP contribution in [-0.4, -0.2) is 34.4 Å². The molecule has 1 aromatic heterocycles. The van der Waals surface area contributed by atoms with Crippen LogP contribution in [0.4, 0.5) is 4.39 Å². The number of rotatable bonds is 4. The highest BCUT2D eigenvalue weighted by atomic mass is 35.5. The van der Waals surface area contributed by atoms with Gasteiger partial charge in [0.05, 0.1) is 24.6 Å². The van der Waals surface area contributed by atoms with Crippen molar-refractivity contribution in [1.29, 1.82) is 0 Å². The summed E-state index contributed by atoms with van der Waals surface area (Å²) >= 11 is 5.97. The lowest BCUT2D eigenvalue weighted by Gasteiger charge is -2.32. The first kappa shape index (κ1) is 17.2. The van der Waals surface area contributed by atoms with Crippen molar-refractivity contribution in [3.8, 4) is 5.69 Å². The van der Waals surface area contributed by atoms with E-state index in [2.05, 4.69) is 10.00 Å². The van der Waals surface area contributed by atoms with Crippen molar-refractivity contribution in [3.05, 3.63) is 82.9 Å². The van der Waals surface area contributed by atoms with Gasteiger partial charge in [0.15, 0.2) is 0 Å². The third kappa shape index (κ3) is 3.96. The smallest absolute Gasteiger partial charge is 0.123 e. The van der Waals surface area contributed by atoms with Gasteiger partial charge in [-0.05, 0) is 42.0 Å². The van der Waals surface area contributed by atoms with E-state index in [-0.39, 0.29) is 11.9 Å². The van der Waals surface area contributed by atoms with Crippen molar-refractivity contribution >= 4 is 11.6 Å². The van der Waals surface area contributed by atoms with Crippen LogP contribution < -0.4 is 0 Å². The van der Waals surface area contributed by atoms with Gasteiger partial charge in [0.1, 0.15) is 5.82 Å². The van der Waals surface area contributed by atoms with E-state index < -0.39 is 0 Å². The molecule has 1 aliphatic heterocycles. The molecule has 0 N–H and O–H groups in total. The number of hydrogen-bond donors (Lipinski definition) is 0. The second kappa shape index (κ2) is 7.58. The average Bonchev–Trinajstić information content (AvgIpc) is 3.11. The summed E-state index contributed by atoms with van der Waals surface area (Å²) in [6, 6.07) is 14.1. The van der Waals surface area contributed by atoms with Gasteiger partial charge in [-0.25, -0.2) is 9.07 Å². The fraction of sp³-hybridized carbons (Fsp3) is 0.250. The fourth-order valence-corrected chi connectivity index (χ4v) is 3.29. The highest BCUT2D eigenvalue weighted by Gasteiger charge is 2.22. The van der Waals surface area contributed by atoms with E-state index in [9.17, 15) is 4.39 Å². The lowest BCUT2D eigenvalue weighted by atomic mass is 10.1. The second-order valence-electron chi connectivity index (χ2n) is 6.42. The van der Waals surface area contributed by atoms with Crippen molar-refractivity contribution in [2.75, 3.05) is 19.7 Å². The summed E-state index contributed by atoms with van der Waals surface area (Å²) in [5.74, 6) is -0.248. The fourth-order valence-electron chi connectivity index (χ4n) is 3.16. The Morgan fingerprint density at radius 3 is 2.65 bits per heavy atom. The van der Waals surface area contributed by atoms with E-state index in [0.717, 1.165) is 41.5 Å². The molecule has 0 radical (unpaired) electrons. The normalized spacial score (nSPS) is 18.2. The largest absolute Gasteiger partial charge is 0.371 e. The summed E-state index contributed by atoms with van der Waals surface area (Å²) in [6.45, 7) is 3.20. The van der Waals surface area contributed by atoms with Gasteiger partial charge in [-0.3, -0.25) is 4.90 Å². The highest BCUT2D eigenvalue weighted by molar-refractivity contribution is 6.30. The number of hydrogen-bond acceptors (Lipinski definition) is 3. The molecular formula is C20H19ClFN3O. The van der Waals surface area contributed by atoms with Gasteiger partial charge in [0, 0.05) is 36.4 Å². The van der Waals surface area contributed by atoms with Crippen molar-refractivity contribution in [2.24, 2.45) is 0 Å². The van der Waals surface area contributed by atoms with Crippen LogP contribution in [0, 0.1) is 5.82 Å². The molecule has 4 nitrogen and oxygen atoms in total. The Kier molecular flexibility index (Phi) is 5.02. The van der Waals surface area contributed by atoms with Gasteiger partial charge in [-0.2, -0.15) is 5.10 Å². The second-order valence-corrected chi connectivity index (χ2v) is 6.85. The van der Waals surface area contributed by atoms with Crippen LogP contribution in [0.3, 0.4) is 0 Å². The molecule has 0 amide bonds. The van der Waals surface area contributed by atoms with Gasteiger partial charge in [0.2, 0.25) is 0 Å². The summed E-state index contributed by atoms with van der Waals surface area (Å²) < 4.78 is 20.7. The predicted octanol–water partition coefficient (Wildman–Crippen LogP) is 4.24. The lowest BCUT2D eigenvalue weighted by Crippen LogP contribution is -2.37. The summed E-state index contributed by atoms with van der Waals surface area (Å²) in [5.41, 5.74) is 3.10. The number of ether oxygens (including phenoxy) is 1. The van der Waals surface area contributed by atoms with Crippen molar-refractivity contribution < 1.29 is 9.13 Å². The first-order valence-electron chi connectivity index (χ1n) is 8.56. The summed E-state index contributed by atoms with van der Waals surface area (Å²) in [6.07, 6.45) is 3.89. The molecule has 2 aromatic carbocycles. The van der Waals surface area contributed by atoms with Crippen LogP contribution in [-0.2, 0) is 11.3 Å². The Morgan fingerprint density at radius 2 is 1.88 bits per heavy atom. The molecule has 0 aliphatic carbocycles. The Morgan fingerprint density at radius 1 is 1.12 bits per heavy atom. The Bertz CT molecular complexity index is 864.